The summed E-state index contributed by atoms with van der Waals surface area (Å²) in [6.07, 6.45) is 0.0300. The van der Waals surface area contributed by atoms with Crippen molar-refractivity contribution >= 4 is 29.7 Å². The highest BCUT2D eigenvalue weighted by molar-refractivity contribution is 5.94. The van der Waals surface area contributed by atoms with Crippen LogP contribution in [0.1, 0.15) is 26.2 Å². The van der Waals surface area contributed by atoms with Crippen molar-refractivity contribution in [3.05, 3.63) is 0 Å². The molecule has 1 heterocycles. The van der Waals surface area contributed by atoms with Gasteiger partial charge in [0, 0.05) is 13.5 Å². The predicted octanol–water partition coefficient (Wildman–Crippen LogP) is -2.48. The summed E-state index contributed by atoms with van der Waals surface area (Å²) < 4.78 is 0. The van der Waals surface area contributed by atoms with Gasteiger partial charge in [-0.2, -0.15) is 0 Å². The zero-order valence-electron chi connectivity index (χ0n) is 13.6. The number of carboxylic acids is 2. The van der Waals surface area contributed by atoms with Crippen LogP contribution in [0, 0.1) is 0 Å². The fraction of sp³-hybridized carbons (Fsp3) is 0.643. The van der Waals surface area contributed by atoms with E-state index in [4.69, 9.17) is 10.2 Å². The van der Waals surface area contributed by atoms with Crippen LogP contribution in [0.4, 0.5) is 0 Å². The van der Waals surface area contributed by atoms with Crippen LogP contribution in [0.15, 0.2) is 0 Å². The molecule has 0 aromatic heterocycles. The van der Waals surface area contributed by atoms with E-state index < -0.39 is 60.8 Å². The van der Waals surface area contributed by atoms with Gasteiger partial charge < -0.3 is 30.9 Å². The van der Waals surface area contributed by atoms with Gasteiger partial charge in [0.05, 0.1) is 13.0 Å². The van der Waals surface area contributed by atoms with E-state index in [1.165, 1.54) is 0 Å². The number of carbonyl (C=O) groups excluding carboxylic acids is 3. The molecule has 0 bridgehead atoms. The van der Waals surface area contributed by atoms with Gasteiger partial charge in [-0.3, -0.25) is 19.2 Å². The molecule has 3 atom stereocenters. The van der Waals surface area contributed by atoms with Crippen LogP contribution in [-0.2, 0) is 24.0 Å². The topological polar surface area (TPSA) is 173 Å². The lowest BCUT2D eigenvalue weighted by Gasteiger charge is -2.27. The molecule has 3 amide bonds. The summed E-state index contributed by atoms with van der Waals surface area (Å²) in [5.41, 5.74) is 0. The maximum atomic E-state index is 12.4. The number of carboxylic acid groups (broad SMARTS) is 2. The van der Waals surface area contributed by atoms with E-state index >= 15 is 0 Å². The Morgan fingerprint density at radius 2 is 1.76 bits per heavy atom. The monoisotopic (exact) mass is 359 g/mol. The van der Waals surface area contributed by atoms with E-state index in [1.54, 1.807) is 0 Å². The molecule has 0 aromatic rings. The molecule has 140 valence electrons. The minimum atomic E-state index is -1.43. The lowest BCUT2D eigenvalue weighted by atomic mass is 10.1. The molecule has 1 aliphatic rings. The predicted molar refractivity (Wildman–Crippen MR) is 81.2 cm³/mol. The van der Waals surface area contributed by atoms with Crippen molar-refractivity contribution in [2.45, 2.75) is 44.3 Å². The maximum Gasteiger partial charge on any atom is 0.326 e. The zero-order chi connectivity index (χ0) is 19.1. The molecular formula is C14H21N3O8. The minimum absolute atomic E-state index is 0.173. The fourth-order valence-electron chi connectivity index (χ4n) is 2.57. The fourth-order valence-corrected chi connectivity index (χ4v) is 2.57. The molecule has 25 heavy (non-hydrogen) atoms. The SMILES string of the molecule is CC(=O)NC(CC(=O)O)C(=O)NC(CO)C(=O)N1CCCC1C(=O)O. The Bertz CT molecular complexity index is 548. The molecule has 0 spiro atoms. The lowest BCUT2D eigenvalue weighted by molar-refractivity contribution is -0.150. The van der Waals surface area contributed by atoms with Crippen LogP contribution in [0.2, 0.25) is 0 Å². The molecule has 1 aliphatic heterocycles. The van der Waals surface area contributed by atoms with Gasteiger partial charge in [0.25, 0.3) is 0 Å². The summed E-state index contributed by atoms with van der Waals surface area (Å²) >= 11 is 0. The molecule has 11 heteroatoms. The van der Waals surface area contributed by atoms with Crippen LogP contribution in [0.3, 0.4) is 0 Å². The Hall–Kier alpha value is -2.69. The first-order valence-electron chi connectivity index (χ1n) is 7.60. The summed E-state index contributed by atoms with van der Waals surface area (Å²) in [5.74, 6) is -4.91. The first kappa shape index (κ1) is 20.4. The second-order valence-electron chi connectivity index (χ2n) is 5.62. The Labute approximate surface area is 143 Å². The van der Waals surface area contributed by atoms with Crippen molar-refractivity contribution in [2.24, 2.45) is 0 Å². The van der Waals surface area contributed by atoms with Crippen molar-refractivity contribution in [2.75, 3.05) is 13.2 Å². The third kappa shape index (κ3) is 5.71. The summed E-state index contributed by atoms with van der Waals surface area (Å²) in [6.45, 7) is 0.470. The summed E-state index contributed by atoms with van der Waals surface area (Å²) in [7, 11) is 0. The molecule has 3 unspecified atom stereocenters. The number of carbonyl (C=O) groups is 5. The standard InChI is InChI=1S/C14H21N3O8/c1-7(19)15-8(5-11(20)21)12(22)16-9(6-18)13(23)17-4-2-3-10(17)14(24)25/h8-10,18H,2-6H2,1H3,(H,15,19)(H,16,22)(H,20,21)(H,24,25). The van der Waals surface area contributed by atoms with Gasteiger partial charge in [-0.05, 0) is 12.8 Å². The number of likely N-dealkylation sites (tertiary alicyclic amines) is 1. The second-order valence-corrected chi connectivity index (χ2v) is 5.62. The van der Waals surface area contributed by atoms with Crippen LogP contribution >= 0.6 is 0 Å². The molecule has 1 saturated heterocycles. The first-order valence-corrected chi connectivity index (χ1v) is 7.60. The second kappa shape index (κ2) is 8.97. The maximum absolute atomic E-state index is 12.4. The third-order valence-corrected chi connectivity index (χ3v) is 3.69. The first-order chi connectivity index (χ1) is 11.7. The summed E-state index contributed by atoms with van der Waals surface area (Å²) in [4.78, 5) is 58.6. The largest absolute Gasteiger partial charge is 0.481 e. The molecule has 1 fully saturated rings. The van der Waals surface area contributed by atoms with Gasteiger partial charge in [-0.25, -0.2) is 4.79 Å². The number of hydrogen-bond acceptors (Lipinski definition) is 6. The van der Waals surface area contributed by atoms with Crippen LogP contribution in [0.5, 0.6) is 0 Å². The van der Waals surface area contributed by atoms with Crippen molar-refractivity contribution < 1.29 is 39.3 Å². The molecule has 0 aromatic carbocycles. The number of rotatable bonds is 8. The molecule has 0 radical (unpaired) electrons. The van der Waals surface area contributed by atoms with Gasteiger partial charge in [-0.15, -0.1) is 0 Å². The van der Waals surface area contributed by atoms with Crippen molar-refractivity contribution in [3.63, 3.8) is 0 Å². The van der Waals surface area contributed by atoms with Gasteiger partial charge in [0.1, 0.15) is 18.1 Å². The highest BCUT2D eigenvalue weighted by Gasteiger charge is 2.38. The van der Waals surface area contributed by atoms with Crippen LogP contribution < -0.4 is 10.6 Å². The van der Waals surface area contributed by atoms with Gasteiger partial charge in [-0.1, -0.05) is 0 Å². The number of aliphatic hydroxyl groups excluding tert-OH is 1. The van der Waals surface area contributed by atoms with E-state index in [0.717, 1.165) is 11.8 Å². The Balaban J connectivity index is 2.82. The summed E-state index contributed by atoms with van der Waals surface area (Å²) in [5, 5.41) is 31.6. The molecule has 0 aliphatic carbocycles. The van der Waals surface area contributed by atoms with Gasteiger partial charge in [0.2, 0.25) is 17.7 Å². The van der Waals surface area contributed by atoms with Crippen LogP contribution in [0.25, 0.3) is 0 Å². The quantitative estimate of drug-likeness (QED) is 0.317. The number of nitrogens with zero attached hydrogens (tertiary/aromatic N) is 1. The van der Waals surface area contributed by atoms with Gasteiger partial charge in [0.15, 0.2) is 0 Å². The Morgan fingerprint density at radius 1 is 1.12 bits per heavy atom. The van der Waals surface area contributed by atoms with Crippen molar-refractivity contribution in [1.82, 2.24) is 15.5 Å². The third-order valence-electron chi connectivity index (χ3n) is 3.69. The van der Waals surface area contributed by atoms with Crippen LogP contribution in [-0.4, -0.2) is 81.2 Å². The highest BCUT2D eigenvalue weighted by Crippen LogP contribution is 2.18. The molecule has 1 rings (SSSR count). The highest BCUT2D eigenvalue weighted by atomic mass is 16.4. The summed E-state index contributed by atoms with van der Waals surface area (Å²) in [6, 6.07) is -3.90. The zero-order valence-corrected chi connectivity index (χ0v) is 13.6. The van der Waals surface area contributed by atoms with E-state index in [9.17, 15) is 29.1 Å². The van der Waals surface area contributed by atoms with E-state index in [0.29, 0.717) is 6.42 Å². The average Bonchev–Trinajstić information content (AvgIpc) is 2.99. The lowest BCUT2D eigenvalue weighted by Crippen LogP contribution is -2.57. The molecule has 11 nitrogen and oxygen atoms in total. The van der Waals surface area contributed by atoms with Crippen molar-refractivity contribution in [3.8, 4) is 0 Å². The number of amides is 3. The van der Waals surface area contributed by atoms with E-state index in [-0.39, 0.29) is 13.0 Å². The van der Waals surface area contributed by atoms with Gasteiger partial charge >= 0.3 is 11.9 Å². The smallest absolute Gasteiger partial charge is 0.326 e. The Morgan fingerprint density at radius 3 is 2.24 bits per heavy atom. The number of aliphatic carboxylic acids is 2. The van der Waals surface area contributed by atoms with E-state index in [1.807, 2.05) is 0 Å². The van der Waals surface area contributed by atoms with E-state index in [2.05, 4.69) is 10.6 Å². The van der Waals surface area contributed by atoms with Crippen molar-refractivity contribution in [1.29, 1.82) is 0 Å². The Kier molecular flexibility index (Phi) is 7.30. The number of aliphatic hydroxyl groups is 1. The molecule has 5 N–H and O–H groups in total. The minimum Gasteiger partial charge on any atom is -0.481 e. The number of nitrogens with one attached hydrogen (secondary N) is 2. The average molecular weight is 359 g/mol. The molecule has 0 saturated carbocycles. The number of hydrogen-bond donors (Lipinski definition) is 5. The normalized spacial score (nSPS) is 19.0. The molecular weight excluding hydrogens is 338 g/mol.